The molecule has 2 nitrogen and oxygen atoms in total. The second kappa shape index (κ2) is 4.96. The largest absolute Gasteiger partial charge is 0.380 e. The van der Waals surface area contributed by atoms with E-state index < -0.39 is 0 Å². The van der Waals surface area contributed by atoms with Crippen molar-refractivity contribution in [3.63, 3.8) is 0 Å². The van der Waals surface area contributed by atoms with Crippen molar-refractivity contribution in [3.05, 3.63) is 27.6 Å². The molecule has 2 aliphatic rings. The Morgan fingerprint density at radius 2 is 2.17 bits per heavy atom. The minimum Gasteiger partial charge on any atom is -0.380 e. The fourth-order valence-electron chi connectivity index (χ4n) is 2.90. The standard InChI is InChI=1S/C14H18FIN2/c1-9-6-11(8-18(9)12-3-4-12)17-14-5-2-10(15)7-13(14)16/h2,5,7,9,11-12,17H,3-4,6,8H2,1H3. The molecule has 2 unspecified atom stereocenters. The van der Waals surface area contributed by atoms with Crippen molar-refractivity contribution in [1.29, 1.82) is 0 Å². The van der Waals surface area contributed by atoms with Crippen LogP contribution in [0.3, 0.4) is 0 Å². The summed E-state index contributed by atoms with van der Waals surface area (Å²) >= 11 is 2.19. The molecule has 0 radical (unpaired) electrons. The van der Waals surface area contributed by atoms with Gasteiger partial charge in [-0.1, -0.05) is 0 Å². The molecule has 1 saturated carbocycles. The van der Waals surface area contributed by atoms with Gasteiger partial charge >= 0.3 is 0 Å². The number of anilines is 1. The minimum atomic E-state index is -0.163. The van der Waals surface area contributed by atoms with Gasteiger partial charge in [-0.25, -0.2) is 4.39 Å². The van der Waals surface area contributed by atoms with Crippen molar-refractivity contribution in [2.45, 2.75) is 44.3 Å². The summed E-state index contributed by atoms with van der Waals surface area (Å²) in [5, 5.41) is 3.56. The molecule has 1 aromatic carbocycles. The van der Waals surface area contributed by atoms with Crippen molar-refractivity contribution >= 4 is 28.3 Å². The van der Waals surface area contributed by atoms with E-state index in [0.29, 0.717) is 12.1 Å². The Morgan fingerprint density at radius 3 is 2.83 bits per heavy atom. The second-order valence-electron chi connectivity index (χ2n) is 5.48. The van der Waals surface area contributed by atoms with Crippen LogP contribution in [0.5, 0.6) is 0 Å². The van der Waals surface area contributed by atoms with E-state index in [2.05, 4.69) is 39.7 Å². The summed E-state index contributed by atoms with van der Waals surface area (Å²) in [4.78, 5) is 2.62. The Balaban J connectivity index is 1.66. The predicted octanol–water partition coefficient (Wildman–Crippen LogP) is 3.47. The van der Waals surface area contributed by atoms with E-state index in [9.17, 15) is 4.39 Å². The number of nitrogens with zero attached hydrogens (tertiary/aromatic N) is 1. The summed E-state index contributed by atoms with van der Waals surface area (Å²) in [5.41, 5.74) is 1.06. The molecule has 1 aliphatic heterocycles. The molecule has 98 valence electrons. The molecule has 3 rings (SSSR count). The number of likely N-dealkylation sites (tertiary alicyclic amines) is 1. The quantitative estimate of drug-likeness (QED) is 0.831. The topological polar surface area (TPSA) is 15.3 Å². The van der Waals surface area contributed by atoms with Gasteiger partial charge in [0.15, 0.2) is 0 Å². The van der Waals surface area contributed by atoms with Gasteiger partial charge < -0.3 is 5.32 Å². The lowest BCUT2D eigenvalue weighted by Crippen LogP contribution is -2.31. The third-order valence-electron chi connectivity index (χ3n) is 3.93. The zero-order chi connectivity index (χ0) is 12.7. The highest BCUT2D eigenvalue weighted by Crippen LogP contribution is 2.34. The molecule has 0 aromatic heterocycles. The fraction of sp³-hybridized carbons (Fsp3) is 0.571. The highest BCUT2D eigenvalue weighted by molar-refractivity contribution is 14.1. The van der Waals surface area contributed by atoms with E-state index in [1.165, 1.54) is 25.3 Å². The first-order valence-electron chi connectivity index (χ1n) is 6.61. The number of nitrogens with one attached hydrogen (secondary N) is 1. The van der Waals surface area contributed by atoms with Crippen LogP contribution in [0, 0.1) is 9.39 Å². The van der Waals surface area contributed by atoms with Crippen LogP contribution in [0.2, 0.25) is 0 Å². The van der Waals surface area contributed by atoms with Crippen LogP contribution in [-0.4, -0.2) is 29.6 Å². The zero-order valence-electron chi connectivity index (χ0n) is 10.5. The van der Waals surface area contributed by atoms with Gasteiger partial charge in [-0.15, -0.1) is 0 Å². The Labute approximate surface area is 121 Å². The van der Waals surface area contributed by atoms with Crippen LogP contribution in [0.25, 0.3) is 0 Å². The first kappa shape index (κ1) is 12.7. The van der Waals surface area contributed by atoms with E-state index in [-0.39, 0.29) is 5.82 Å². The van der Waals surface area contributed by atoms with Crippen LogP contribution < -0.4 is 5.32 Å². The molecule has 1 N–H and O–H groups in total. The van der Waals surface area contributed by atoms with E-state index in [1.54, 1.807) is 6.07 Å². The van der Waals surface area contributed by atoms with E-state index in [4.69, 9.17) is 0 Å². The van der Waals surface area contributed by atoms with Crippen molar-refractivity contribution in [3.8, 4) is 0 Å². The van der Waals surface area contributed by atoms with E-state index in [0.717, 1.165) is 21.8 Å². The summed E-state index contributed by atoms with van der Waals surface area (Å²) in [6, 6.07) is 6.97. The average molecular weight is 360 g/mol. The SMILES string of the molecule is CC1CC(Nc2ccc(F)cc2I)CN1C1CC1. The zero-order valence-corrected chi connectivity index (χ0v) is 12.7. The highest BCUT2D eigenvalue weighted by atomic mass is 127. The number of hydrogen-bond acceptors (Lipinski definition) is 2. The molecule has 0 amide bonds. The fourth-order valence-corrected chi connectivity index (χ4v) is 3.54. The molecular weight excluding hydrogens is 342 g/mol. The van der Waals surface area contributed by atoms with Gasteiger partial charge in [0.1, 0.15) is 5.82 Å². The number of halogens is 2. The molecule has 2 atom stereocenters. The lowest BCUT2D eigenvalue weighted by molar-refractivity contribution is 0.257. The summed E-state index contributed by atoms with van der Waals surface area (Å²) in [6.07, 6.45) is 3.92. The first-order valence-corrected chi connectivity index (χ1v) is 7.68. The summed E-state index contributed by atoms with van der Waals surface area (Å²) in [7, 11) is 0. The summed E-state index contributed by atoms with van der Waals surface area (Å²) in [6.45, 7) is 3.44. The predicted molar refractivity (Wildman–Crippen MR) is 80.3 cm³/mol. The lowest BCUT2D eigenvalue weighted by atomic mass is 10.2. The van der Waals surface area contributed by atoms with Gasteiger partial charge in [-0.05, 0) is 67.0 Å². The molecule has 0 bridgehead atoms. The molecule has 0 spiro atoms. The van der Waals surface area contributed by atoms with Gasteiger partial charge in [0.25, 0.3) is 0 Å². The third kappa shape index (κ3) is 2.64. The van der Waals surface area contributed by atoms with Crippen molar-refractivity contribution in [2.24, 2.45) is 0 Å². The van der Waals surface area contributed by atoms with Gasteiger partial charge in [0, 0.05) is 33.9 Å². The normalized spacial score (nSPS) is 28.6. The number of benzene rings is 1. The maximum absolute atomic E-state index is 13.1. The Kier molecular flexibility index (Phi) is 3.49. The Morgan fingerprint density at radius 1 is 1.39 bits per heavy atom. The molecular formula is C14H18FIN2. The molecule has 2 fully saturated rings. The first-order chi connectivity index (χ1) is 8.63. The van der Waals surface area contributed by atoms with Crippen LogP contribution in [0.4, 0.5) is 10.1 Å². The maximum atomic E-state index is 13.1. The minimum absolute atomic E-state index is 0.163. The molecule has 1 heterocycles. The average Bonchev–Trinajstić information content (AvgIpc) is 3.08. The highest BCUT2D eigenvalue weighted by Gasteiger charge is 2.38. The summed E-state index contributed by atoms with van der Waals surface area (Å²) in [5.74, 6) is -0.163. The Bertz CT molecular complexity index is 447. The van der Waals surface area contributed by atoms with Crippen molar-refractivity contribution < 1.29 is 4.39 Å². The van der Waals surface area contributed by atoms with Crippen molar-refractivity contribution in [1.82, 2.24) is 4.90 Å². The molecule has 18 heavy (non-hydrogen) atoms. The van der Waals surface area contributed by atoms with Gasteiger partial charge in [-0.3, -0.25) is 4.90 Å². The number of hydrogen-bond donors (Lipinski definition) is 1. The van der Waals surface area contributed by atoms with Crippen LogP contribution in [0.1, 0.15) is 26.2 Å². The van der Waals surface area contributed by atoms with Gasteiger partial charge in [0.2, 0.25) is 0 Å². The smallest absolute Gasteiger partial charge is 0.124 e. The molecule has 1 saturated heterocycles. The lowest BCUT2D eigenvalue weighted by Gasteiger charge is -2.20. The van der Waals surface area contributed by atoms with Crippen molar-refractivity contribution in [2.75, 3.05) is 11.9 Å². The molecule has 4 heteroatoms. The second-order valence-corrected chi connectivity index (χ2v) is 6.64. The van der Waals surface area contributed by atoms with Gasteiger partial charge in [-0.2, -0.15) is 0 Å². The molecule has 1 aromatic rings. The van der Waals surface area contributed by atoms with Crippen LogP contribution in [-0.2, 0) is 0 Å². The monoisotopic (exact) mass is 360 g/mol. The number of rotatable bonds is 3. The maximum Gasteiger partial charge on any atom is 0.124 e. The Hall–Kier alpha value is -0.360. The molecule has 1 aliphatic carbocycles. The van der Waals surface area contributed by atoms with E-state index >= 15 is 0 Å². The van der Waals surface area contributed by atoms with Crippen LogP contribution >= 0.6 is 22.6 Å². The van der Waals surface area contributed by atoms with Crippen LogP contribution in [0.15, 0.2) is 18.2 Å². The third-order valence-corrected chi connectivity index (χ3v) is 4.82. The van der Waals surface area contributed by atoms with E-state index in [1.807, 2.05) is 6.07 Å². The van der Waals surface area contributed by atoms with Gasteiger partial charge in [0.05, 0.1) is 0 Å². The summed E-state index contributed by atoms with van der Waals surface area (Å²) < 4.78 is 14.0.